The highest BCUT2D eigenvalue weighted by Gasteiger charge is 2.20. The number of furan rings is 1. The first-order valence-electron chi connectivity index (χ1n) is 7.09. The van der Waals surface area contributed by atoms with E-state index in [-0.39, 0.29) is 11.8 Å². The van der Waals surface area contributed by atoms with Gasteiger partial charge in [-0.1, -0.05) is 0 Å². The summed E-state index contributed by atoms with van der Waals surface area (Å²) in [5.74, 6) is 2.30. The molecule has 0 unspecified atom stereocenters. The van der Waals surface area contributed by atoms with Crippen molar-refractivity contribution in [3.05, 3.63) is 36.6 Å². The molecule has 1 aliphatic heterocycles. The summed E-state index contributed by atoms with van der Waals surface area (Å²) in [5.41, 5.74) is 13.8. The molecule has 0 fully saturated rings. The number of anilines is 2. The minimum absolute atomic E-state index is 0.0997. The summed E-state index contributed by atoms with van der Waals surface area (Å²) < 4.78 is 16.6. The van der Waals surface area contributed by atoms with Gasteiger partial charge in [-0.15, -0.1) is 0 Å². The third-order valence-electron chi connectivity index (χ3n) is 3.54. The average molecular weight is 310 g/mol. The van der Waals surface area contributed by atoms with Crippen LogP contribution in [0.1, 0.15) is 0 Å². The van der Waals surface area contributed by atoms with Gasteiger partial charge in [-0.05, 0) is 30.3 Å². The Morgan fingerprint density at radius 2 is 1.78 bits per heavy atom. The zero-order valence-electron chi connectivity index (χ0n) is 12.2. The first-order valence-corrected chi connectivity index (χ1v) is 7.09. The van der Waals surface area contributed by atoms with Gasteiger partial charge >= 0.3 is 0 Å². The summed E-state index contributed by atoms with van der Waals surface area (Å²) in [6.45, 7) is 1.05. The molecule has 0 saturated carbocycles. The smallest absolute Gasteiger partial charge is 0.222 e. The zero-order chi connectivity index (χ0) is 15.8. The van der Waals surface area contributed by atoms with Crippen LogP contribution in [0.2, 0.25) is 0 Å². The molecule has 23 heavy (non-hydrogen) atoms. The van der Waals surface area contributed by atoms with Gasteiger partial charge in [-0.25, -0.2) is 4.98 Å². The molecular formula is C16H14N4O3. The summed E-state index contributed by atoms with van der Waals surface area (Å²) in [6.07, 6.45) is 1.57. The SMILES string of the molecule is Nc1nc(N)c(-c2ccco2)c(-c2ccc3c(c2)OCCO3)n1. The fourth-order valence-electron chi connectivity index (χ4n) is 2.56. The minimum Gasteiger partial charge on any atom is -0.486 e. The van der Waals surface area contributed by atoms with Crippen LogP contribution in [-0.4, -0.2) is 23.2 Å². The van der Waals surface area contributed by atoms with Crippen molar-refractivity contribution in [3.63, 3.8) is 0 Å². The Morgan fingerprint density at radius 3 is 2.57 bits per heavy atom. The number of rotatable bonds is 2. The van der Waals surface area contributed by atoms with Gasteiger partial charge in [0.1, 0.15) is 24.8 Å². The molecule has 3 aromatic rings. The van der Waals surface area contributed by atoms with Crippen molar-refractivity contribution in [1.29, 1.82) is 0 Å². The zero-order valence-corrected chi connectivity index (χ0v) is 12.2. The Balaban J connectivity index is 1.92. The Bertz CT molecular complexity index is 862. The van der Waals surface area contributed by atoms with Crippen LogP contribution < -0.4 is 20.9 Å². The van der Waals surface area contributed by atoms with Crippen molar-refractivity contribution in [2.75, 3.05) is 24.7 Å². The number of benzene rings is 1. The topological polar surface area (TPSA) is 109 Å². The van der Waals surface area contributed by atoms with E-state index in [4.69, 9.17) is 25.4 Å². The molecule has 2 aromatic heterocycles. The minimum atomic E-state index is 0.0997. The molecule has 1 aromatic carbocycles. The van der Waals surface area contributed by atoms with Crippen LogP contribution in [0.15, 0.2) is 41.0 Å². The third kappa shape index (κ3) is 2.32. The average Bonchev–Trinajstić information content (AvgIpc) is 3.07. The van der Waals surface area contributed by atoms with Crippen molar-refractivity contribution in [2.24, 2.45) is 0 Å². The highest BCUT2D eigenvalue weighted by molar-refractivity contribution is 5.86. The van der Waals surface area contributed by atoms with E-state index >= 15 is 0 Å². The van der Waals surface area contributed by atoms with Gasteiger partial charge in [0.15, 0.2) is 11.5 Å². The van der Waals surface area contributed by atoms with Crippen LogP contribution in [0.3, 0.4) is 0 Å². The standard InChI is InChI=1S/C16H14N4O3/c17-15-13(11-2-1-5-21-11)14(19-16(18)20-15)9-3-4-10-12(8-9)23-7-6-22-10/h1-5,8H,6-7H2,(H4,17,18,19,20). The van der Waals surface area contributed by atoms with Crippen LogP contribution >= 0.6 is 0 Å². The van der Waals surface area contributed by atoms with E-state index in [2.05, 4.69) is 9.97 Å². The number of nitrogen functional groups attached to an aromatic ring is 2. The van der Waals surface area contributed by atoms with E-state index in [9.17, 15) is 0 Å². The van der Waals surface area contributed by atoms with E-state index in [0.717, 1.165) is 5.56 Å². The van der Waals surface area contributed by atoms with Gasteiger partial charge < -0.3 is 25.4 Å². The van der Waals surface area contributed by atoms with Crippen LogP contribution in [0.5, 0.6) is 11.5 Å². The molecule has 0 radical (unpaired) electrons. The Hall–Kier alpha value is -3.22. The fourth-order valence-corrected chi connectivity index (χ4v) is 2.56. The molecule has 4 N–H and O–H groups in total. The predicted octanol–water partition coefficient (Wildman–Crippen LogP) is 2.34. The second-order valence-electron chi connectivity index (χ2n) is 5.03. The van der Waals surface area contributed by atoms with Crippen molar-refractivity contribution < 1.29 is 13.9 Å². The van der Waals surface area contributed by atoms with Crippen molar-refractivity contribution >= 4 is 11.8 Å². The molecule has 0 spiro atoms. The van der Waals surface area contributed by atoms with Crippen LogP contribution in [0.25, 0.3) is 22.6 Å². The highest BCUT2D eigenvalue weighted by atomic mass is 16.6. The molecule has 0 saturated heterocycles. The van der Waals surface area contributed by atoms with E-state index in [1.165, 1.54) is 0 Å². The number of fused-ring (bicyclic) bond motifs is 1. The summed E-state index contributed by atoms with van der Waals surface area (Å²) in [7, 11) is 0. The van der Waals surface area contributed by atoms with E-state index < -0.39 is 0 Å². The highest BCUT2D eigenvalue weighted by Crippen LogP contribution is 2.39. The maximum absolute atomic E-state index is 6.04. The quantitative estimate of drug-likeness (QED) is 0.747. The molecule has 0 atom stereocenters. The monoisotopic (exact) mass is 310 g/mol. The number of nitrogens with zero attached hydrogens (tertiary/aromatic N) is 2. The lowest BCUT2D eigenvalue weighted by Gasteiger charge is -2.19. The number of aromatic nitrogens is 2. The van der Waals surface area contributed by atoms with Crippen LogP contribution in [0, 0.1) is 0 Å². The third-order valence-corrected chi connectivity index (χ3v) is 3.54. The lowest BCUT2D eigenvalue weighted by Crippen LogP contribution is -2.15. The molecule has 0 amide bonds. The van der Waals surface area contributed by atoms with Gasteiger partial charge in [0.25, 0.3) is 0 Å². The molecule has 4 rings (SSSR count). The number of ether oxygens (including phenoxy) is 2. The summed E-state index contributed by atoms with van der Waals surface area (Å²) >= 11 is 0. The van der Waals surface area contributed by atoms with Crippen LogP contribution in [-0.2, 0) is 0 Å². The van der Waals surface area contributed by atoms with Gasteiger partial charge in [0.05, 0.1) is 17.5 Å². The molecule has 116 valence electrons. The second-order valence-corrected chi connectivity index (χ2v) is 5.03. The molecule has 1 aliphatic rings. The van der Waals surface area contributed by atoms with Crippen molar-refractivity contribution in [1.82, 2.24) is 9.97 Å². The summed E-state index contributed by atoms with van der Waals surface area (Å²) in [6, 6.07) is 9.14. The molecule has 7 nitrogen and oxygen atoms in total. The first-order chi connectivity index (χ1) is 11.2. The van der Waals surface area contributed by atoms with E-state index in [1.54, 1.807) is 18.4 Å². The van der Waals surface area contributed by atoms with Crippen LogP contribution in [0.4, 0.5) is 11.8 Å². The predicted molar refractivity (Wildman–Crippen MR) is 85.0 cm³/mol. The first kappa shape index (κ1) is 13.4. The largest absolute Gasteiger partial charge is 0.486 e. The second kappa shape index (κ2) is 5.20. The maximum atomic E-state index is 6.04. The molecule has 0 bridgehead atoms. The van der Waals surface area contributed by atoms with E-state index in [1.807, 2.05) is 18.2 Å². The lowest BCUT2D eigenvalue weighted by molar-refractivity contribution is 0.171. The normalized spacial score (nSPS) is 13.0. The number of hydrogen-bond acceptors (Lipinski definition) is 7. The number of nitrogens with two attached hydrogens (primary N) is 2. The molecule has 7 heteroatoms. The number of hydrogen-bond donors (Lipinski definition) is 2. The van der Waals surface area contributed by atoms with Gasteiger partial charge in [-0.3, -0.25) is 0 Å². The molecular weight excluding hydrogens is 296 g/mol. The fraction of sp³-hybridized carbons (Fsp3) is 0.125. The van der Waals surface area contributed by atoms with E-state index in [0.29, 0.717) is 41.7 Å². The van der Waals surface area contributed by atoms with Gasteiger partial charge in [0, 0.05) is 5.56 Å². The van der Waals surface area contributed by atoms with Gasteiger partial charge in [0.2, 0.25) is 5.95 Å². The van der Waals surface area contributed by atoms with Crippen molar-refractivity contribution in [2.45, 2.75) is 0 Å². The Kier molecular flexibility index (Phi) is 3.04. The molecule has 3 heterocycles. The molecule has 0 aliphatic carbocycles. The Morgan fingerprint density at radius 1 is 0.957 bits per heavy atom. The summed E-state index contributed by atoms with van der Waals surface area (Å²) in [4.78, 5) is 8.37. The Labute approximate surface area is 131 Å². The lowest BCUT2D eigenvalue weighted by atomic mass is 10.0. The summed E-state index contributed by atoms with van der Waals surface area (Å²) in [5, 5.41) is 0. The van der Waals surface area contributed by atoms with Gasteiger partial charge in [-0.2, -0.15) is 4.98 Å². The maximum Gasteiger partial charge on any atom is 0.222 e. The van der Waals surface area contributed by atoms with Crippen molar-refractivity contribution in [3.8, 4) is 34.1 Å².